The van der Waals surface area contributed by atoms with Crippen molar-refractivity contribution in [3.63, 3.8) is 0 Å². The number of hydrogen-bond donors (Lipinski definition) is 3. The number of nitrogens with one attached hydrogen (secondary N) is 3. The number of aromatic nitrogens is 4. The highest BCUT2D eigenvalue weighted by Crippen LogP contribution is 2.35. The van der Waals surface area contributed by atoms with Crippen LogP contribution in [0, 0.1) is 5.92 Å². The Bertz CT molecular complexity index is 2120. The summed E-state index contributed by atoms with van der Waals surface area (Å²) in [5.74, 6) is 1.44. The zero-order valence-electron chi connectivity index (χ0n) is 31.6. The summed E-state index contributed by atoms with van der Waals surface area (Å²) in [7, 11) is 2.93. The number of carbonyl (C=O) groups excluding carboxylic acids is 3. The van der Waals surface area contributed by atoms with Crippen LogP contribution in [-0.4, -0.2) is 87.1 Å². The Morgan fingerprint density at radius 2 is 1.30 bits per heavy atom. The number of imidazole rings is 2. The van der Waals surface area contributed by atoms with E-state index in [1.54, 1.807) is 7.11 Å². The minimum Gasteiger partial charge on any atom is -0.453 e. The van der Waals surface area contributed by atoms with Gasteiger partial charge < -0.3 is 34.6 Å². The molecule has 12 nitrogen and oxygen atoms in total. The second-order valence-electron chi connectivity index (χ2n) is 14.8. The highest BCUT2D eigenvalue weighted by molar-refractivity contribution is 5.91. The molecule has 54 heavy (non-hydrogen) atoms. The Kier molecular flexibility index (Phi) is 10.8. The summed E-state index contributed by atoms with van der Waals surface area (Å²) in [5, 5.41) is 4.94. The fraction of sp³-hybridized carbons (Fsp3) is 0.405. The molecular formula is C42H49N7O5. The molecule has 4 atom stereocenters. The van der Waals surface area contributed by atoms with E-state index in [2.05, 4.69) is 80.9 Å². The number of carbonyl (C=O) groups is 3. The second kappa shape index (κ2) is 15.9. The van der Waals surface area contributed by atoms with Crippen LogP contribution < -0.4 is 5.32 Å². The standard InChI is InChI=1S/C42H49N7O5/c1-25(2)38(47-42(52)54-5)41(51)49-19-7-9-36(49)40-44-24-34(46-40)32-17-16-30-21-29(14-15-31(30)22-32)27-10-12-28(13-11-27)33-23-43-39(45-33)35-8-6-18-48(35)37(50)20-26(3)53-4/h10-17,21-26,35-36,38H,6-9,18-20H2,1-5H3,(H,43,45)(H,44,46)(H,47,52)/t26-,35?,36-,38-/m0/s1. The van der Waals surface area contributed by atoms with Gasteiger partial charge in [-0.05, 0) is 78.1 Å². The van der Waals surface area contributed by atoms with E-state index in [1.165, 1.54) is 7.11 Å². The molecule has 2 saturated heterocycles. The number of hydrogen-bond acceptors (Lipinski definition) is 7. The number of nitrogens with zero attached hydrogens (tertiary/aromatic N) is 4. The van der Waals surface area contributed by atoms with Crippen LogP contribution >= 0.6 is 0 Å². The van der Waals surface area contributed by atoms with Gasteiger partial charge >= 0.3 is 6.09 Å². The molecule has 7 rings (SSSR count). The normalized spacial score (nSPS) is 18.3. The lowest BCUT2D eigenvalue weighted by atomic mass is 9.98. The quantitative estimate of drug-likeness (QED) is 0.128. The summed E-state index contributed by atoms with van der Waals surface area (Å²) in [4.78, 5) is 58.6. The molecule has 12 heteroatoms. The van der Waals surface area contributed by atoms with Gasteiger partial charge in [-0.2, -0.15) is 0 Å². The Morgan fingerprint density at radius 1 is 0.759 bits per heavy atom. The molecule has 0 bridgehead atoms. The van der Waals surface area contributed by atoms with Crippen molar-refractivity contribution in [3.8, 4) is 33.6 Å². The largest absolute Gasteiger partial charge is 0.453 e. The Morgan fingerprint density at radius 3 is 1.91 bits per heavy atom. The molecular weight excluding hydrogens is 683 g/mol. The van der Waals surface area contributed by atoms with Crippen molar-refractivity contribution < 1.29 is 23.9 Å². The van der Waals surface area contributed by atoms with E-state index in [0.717, 1.165) is 88.3 Å². The lowest BCUT2D eigenvalue weighted by Crippen LogP contribution is -2.51. The number of rotatable bonds is 11. The second-order valence-corrected chi connectivity index (χ2v) is 14.8. The van der Waals surface area contributed by atoms with Crippen molar-refractivity contribution in [1.82, 2.24) is 35.1 Å². The summed E-state index contributed by atoms with van der Waals surface area (Å²) in [6.45, 7) is 7.08. The van der Waals surface area contributed by atoms with E-state index in [0.29, 0.717) is 13.0 Å². The van der Waals surface area contributed by atoms with Gasteiger partial charge in [0.15, 0.2) is 0 Å². The van der Waals surface area contributed by atoms with Gasteiger partial charge in [0.25, 0.3) is 0 Å². The summed E-state index contributed by atoms with van der Waals surface area (Å²) in [6, 6.07) is 20.4. The number of ether oxygens (including phenoxy) is 2. The first-order valence-corrected chi connectivity index (χ1v) is 18.9. The summed E-state index contributed by atoms with van der Waals surface area (Å²) in [5.41, 5.74) is 6.09. The molecule has 3 amide bonds. The van der Waals surface area contributed by atoms with Gasteiger partial charge in [0.1, 0.15) is 17.7 Å². The number of benzene rings is 3. The fourth-order valence-electron chi connectivity index (χ4n) is 7.73. The summed E-state index contributed by atoms with van der Waals surface area (Å²) in [6.07, 6.45) is 6.83. The van der Waals surface area contributed by atoms with E-state index in [-0.39, 0.29) is 35.9 Å². The zero-order chi connectivity index (χ0) is 37.9. The number of amides is 3. The van der Waals surface area contributed by atoms with Gasteiger partial charge in [0.05, 0.1) is 55.5 Å². The molecule has 5 aromatic rings. The molecule has 2 aliphatic rings. The van der Waals surface area contributed by atoms with Crippen LogP contribution in [-0.2, 0) is 19.1 Å². The first-order chi connectivity index (χ1) is 26.1. The SMILES string of the molecule is COC(=O)N[C@H](C(=O)N1CCC[C@H]1c1ncc(-c2ccc3cc(-c4ccc(-c5cnc(C6CCCN6C(=O)C[C@H](C)OC)[nH]5)cc4)ccc3c2)[nH]1)C(C)C. The molecule has 2 aliphatic heterocycles. The minimum atomic E-state index is -0.677. The number of alkyl carbamates (subject to hydrolysis) is 1. The zero-order valence-corrected chi connectivity index (χ0v) is 31.6. The first-order valence-electron chi connectivity index (χ1n) is 18.9. The smallest absolute Gasteiger partial charge is 0.407 e. The maximum absolute atomic E-state index is 13.6. The molecule has 0 saturated carbocycles. The molecule has 282 valence electrons. The van der Waals surface area contributed by atoms with Crippen molar-refractivity contribution >= 4 is 28.7 Å². The molecule has 2 aromatic heterocycles. The molecule has 0 spiro atoms. The van der Waals surface area contributed by atoms with Crippen LogP contribution in [0.5, 0.6) is 0 Å². The average molecular weight is 732 g/mol. The summed E-state index contributed by atoms with van der Waals surface area (Å²) >= 11 is 0. The predicted octanol–water partition coefficient (Wildman–Crippen LogP) is 7.42. The van der Waals surface area contributed by atoms with Crippen molar-refractivity contribution in [2.45, 2.75) is 77.1 Å². The minimum absolute atomic E-state index is 0.0443. The Balaban J connectivity index is 1.03. The number of aromatic amines is 2. The number of H-pyrrole nitrogens is 2. The average Bonchev–Trinajstić information content (AvgIpc) is 4.03. The Hall–Kier alpha value is -5.49. The van der Waals surface area contributed by atoms with Gasteiger partial charge in [-0.15, -0.1) is 0 Å². The highest BCUT2D eigenvalue weighted by atomic mass is 16.5. The molecule has 0 radical (unpaired) electrons. The number of likely N-dealkylation sites (tertiary alicyclic amines) is 2. The monoisotopic (exact) mass is 731 g/mol. The third-order valence-corrected chi connectivity index (χ3v) is 10.9. The van der Waals surface area contributed by atoms with E-state index in [1.807, 2.05) is 43.0 Å². The third kappa shape index (κ3) is 7.61. The third-order valence-electron chi connectivity index (χ3n) is 10.9. The molecule has 1 unspecified atom stereocenters. The van der Waals surface area contributed by atoms with Crippen LogP contribution in [0.4, 0.5) is 4.79 Å². The summed E-state index contributed by atoms with van der Waals surface area (Å²) < 4.78 is 10.1. The fourth-order valence-corrected chi connectivity index (χ4v) is 7.73. The van der Waals surface area contributed by atoms with Gasteiger partial charge in [0, 0.05) is 25.8 Å². The van der Waals surface area contributed by atoms with E-state index in [9.17, 15) is 14.4 Å². The van der Waals surface area contributed by atoms with Crippen LogP contribution in [0.3, 0.4) is 0 Å². The lowest BCUT2D eigenvalue weighted by Gasteiger charge is -2.30. The van der Waals surface area contributed by atoms with Gasteiger partial charge in [-0.3, -0.25) is 9.59 Å². The van der Waals surface area contributed by atoms with Crippen LogP contribution in [0.25, 0.3) is 44.4 Å². The van der Waals surface area contributed by atoms with E-state index < -0.39 is 12.1 Å². The topological polar surface area (TPSA) is 146 Å². The van der Waals surface area contributed by atoms with E-state index >= 15 is 0 Å². The Labute approximate surface area is 315 Å². The van der Waals surface area contributed by atoms with Crippen LogP contribution in [0.2, 0.25) is 0 Å². The predicted molar refractivity (Wildman–Crippen MR) is 207 cm³/mol. The van der Waals surface area contributed by atoms with Gasteiger partial charge in [-0.1, -0.05) is 62.4 Å². The van der Waals surface area contributed by atoms with Crippen LogP contribution in [0.1, 0.15) is 76.6 Å². The maximum atomic E-state index is 13.6. The van der Waals surface area contributed by atoms with Crippen molar-refractivity contribution in [1.29, 1.82) is 0 Å². The molecule has 3 aromatic carbocycles. The van der Waals surface area contributed by atoms with Crippen molar-refractivity contribution in [2.75, 3.05) is 27.3 Å². The number of methoxy groups -OCH3 is 2. The van der Waals surface area contributed by atoms with Crippen molar-refractivity contribution in [2.24, 2.45) is 5.92 Å². The molecule has 0 aliphatic carbocycles. The van der Waals surface area contributed by atoms with Gasteiger partial charge in [0.2, 0.25) is 11.8 Å². The molecule has 4 heterocycles. The number of fused-ring (bicyclic) bond motifs is 1. The lowest BCUT2D eigenvalue weighted by molar-refractivity contribution is -0.136. The van der Waals surface area contributed by atoms with Crippen LogP contribution in [0.15, 0.2) is 73.1 Å². The first kappa shape index (κ1) is 36.9. The molecule has 2 fully saturated rings. The van der Waals surface area contributed by atoms with Gasteiger partial charge in [-0.25, -0.2) is 14.8 Å². The van der Waals surface area contributed by atoms with Crippen molar-refractivity contribution in [3.05, 3.63) is 84.7 Å². The highest BCUT2D eigenvalue weighted by Gasteiger charge is 2.37. The maximum Gasteiger partial charge on any atom is 0.407 e. The molecule has 3 N–H and O–H groups in total. The van der Waals surface area contributed by atoms with E-state index in [4.69, 9.17) is 14.5 Å².